The highest BCUT2D eigenvalue weighted by atomic mass is 127. The van der Waals surface area contributed by atoms with E-state index in [9.17, 15) is 4.79 Å². The number of terminal acetylenes is 1. The smallest absolute Gasteiger partial charge is 0.243 e. The number of guanidine groups is 1. The third-order valence-corrected chi connectivity index (χ3v) is 3.92. The van der Waals surface area contributed by atoms with E-state index in [1.165, 1.54) is 0 Å². The van der Waals surface area contributed by atoms with Crippen molar-refractivity contribution in [3.8, 4) is 18.1 Å². The fourth-order valence-corrected chi connectivity index (χ4v) is 2.54. The fraction of sp³-hybridized carbons (Fsp3) is 0.273. The maximum Gasteiger partial charge on any atom is 0.243 e. The van der Waals surface area contributed by atoms with Crippen LogP contribution in [0.2, 0.25) is 0 Å². The fourth-order valence-electron chi connectivity index (χ4n) is 2.54. The van der Waals surface area contributed by atoms with E-state index in [1.54, 1.807) is 25.3 Å². The number of benzene rings is 2. The van der Waals surface area contributed by atoms with E-state index in [1.807, 2.05) is 38.1 Å². The lowest BCUT2D eigenvalue weighted by molar-refractivity contribution is -0.115. The average Bonchev–Trinajstić information content (AvgIpc) is 2.70. The van der Waals surface area contributed by atoms with Crippen LogP contribution in [-0.2, 0) is 11.3 Å². The number of aliphatic imine (C=N–C) groups is 1. The molecule has 0 aliphatic heterocycles. The third kappa shape index (κ3) is 8.03. The molecular formula is C22H27IN4O2. The van der Waals surface area contributed by atoms with Gasteiger partial charge in [-0.25, -0.2) is 4.99 Å². The van der Waals surface area contributed by atoms with Gasteiger partial charge in [0.1, 0.15) is 5.75 Å². The van der Waals surface area contributed by atoms with Gasteiger partial charge in [-0.2, -0.15) is 0 Å². The van der Waals surface area contributed by atoms with Crippen molar-refractivity contribution >= 4 is 41.5 Å². The van der Waals surface area contributed by atoms with Crippen molar-refractivity contribution in [3.63, 3.8) is 0 Å². The topological polar surface area (TPSA) is 74.8 Å². The summed E-state index contributed by atoms with van der Waals surface area (Å²) in [6.45, 7) is 5.18. The molecule has 0 saturated heterocycles. The Labute approximate surface area is 189 Å². The molecule has 7 heteroatoms. The normalized spacial score (nSPS) is 10.3. The molecule has 0 aliphatic rings. The molecule has 0 atom stereocenters. The maximum absolute atomic E-state index is 12.2. The Morgan fingerprint density at radius 3 is 2.69 bits per heavy atom. The van der Waals surface area contributed by atoms with Crippen molar-refractivity contribution in [1.82, 2.24) is 10.6 Å². The highest BCUT2D eigenvalue weighted by Gasteiger charge is 2.06. The van der Waals surface area contributed by atoms with Gasteiger partial charge in [-0.1, -0.05) is 24.1 Å². The van der Waals surface area contributed by atoms with Crippen LogP contribution in [0.5, 0.6) is 5.75 Å². The first kappa shape index (κ1) is 24.3. The molecule has 29 heavy (non-hydrogen) atoms. The molecule has 154 valence electrons. The SMILES string of the molecule is C#Cc1cccc(NC(=O)CNC(=NCc2ccc(C)cc2OC)NCC)c1.I. The molecule has 1 amide bonds. The van der Waals surface area contributed by atoms with Crippen molar-refractivity contribution in [2.24, 2.45) is 4.99 Å². The summed E-state index contributed by atoms with van der Waals surface area (Å²) in [5.41, 5.74) is 3.47. The number of carbonyl (C=O) groups is 1. The summed E-state index contributed by atoms with van der Waals surface area (Å²) in [7, 11) is 1.64. The number of rotatable bonds is 7. The predicted octanol–water partition coefficient (Wildman–Crippen LogP) is 3.30. The van der Waals surface area contributed by atoms with Gasteiger partial charge < -0.3 is 20.7 Å². The molecule has 0 fully saturated rings. The van der Waals surface area contributed by atoms with Gasteiger partial charge in [0.05, 0.1) is 20.2 Å². The van der Waals surface area contributed by atoms with Gasteiger partial charge >= 0.3 is 0 Å². The zero-order valence-corrected chi connectivity index (χ0v) is 19.2. The molecule has 0 radical (unpaired) electrons. The zero-order chi connectivity index (χ0) is 20.4. The molecule has 0 bridgehead atoms. The molecule has 2 aromatic carbocycles. The van der Waals surface area contributed by atoms with Gasteiger partial charge in [-0.3, -0.25) is 4.79 Å². The third-order valence-electron chi connectivity index (χ3n) is 3.92. The van der Waals surface area contributed by atoms with Crippen LogP contribution < -0.4 is 20.7 Å². The lowest BCUT2D eigenvalue weighted by Crippen LogP contribution is -2.41. The van der Waals surface area contributed by atoms with Crippen LogP contribution in [0.3, 0.4) is 0 Å². The minimum Gasteiger partial charge on any atom is -0.496 e. The molecule has 3 N–H and O–H groups in total. The Hall–Kier alpha value is -2.73. The van der Waals surface area contributed by atoms with E-state index in [2.05, 4.69) is 26.9 Å². The molecular weight excluding hydrogens is 479 g/mol. The minimum atomic E-state index is -0.187. The van der Waals surface area contributed by atoms with E-state index < -0.39 is 0 Å². The molecule has 0 unspecified atom stereocenters. The zero-order valence-electron chi connectivity index (χ0n) is 16.9. The van der Waals surface area contributed by atoms with Crippen LogP contribution in [0.4, 0.5) is 5.69 Å². The molecule has 6 nitrogen and oxygen atoms in total. The number of carbonyl (C=O) groups excluding carboxylic acids is 1. The van der Waals surface area contributed by atoms with Gasteiger partial charge in [-0.15, -0.1) is 30.4 Å². The first-order valence-electron chi connectivity index (χ1n) is 9.08. The van der Waals surface area contributed by atoms with Crippen LogP contribution in [0.1, 0.15) is 23.6 Å². The maximum atomic E-state index is 12.2. The van der Waals surface area contributed by atoms with Crippen molar-refractivity contribution in [3.05, 3.63) is 59.2 Å². The summed E-state index contributed by atoms with van der Waals surface area (Å²) >= 11 is 0. The van der Waals surface area contributed by atoms with Crippen LogP contribution in [0.15, 0.2) is 47.5 Å². The number of ether oxygens (including phenoxy) is 1. The van der Waals surface area contributed by atoms with Gasteiger partial charge in [0.15, 0.2) is 5.96 Å². The summed E-state index contributed by atoms with van der Waals surface area (Å²) in [5, 5.41) is 8.98. The first-order valence-corrected chi connectivity index (χ1v) is 9.08. The number of anilines is 1. The Morgan fingerprint density at radius 2 is 2.00 bits per heavy atom. The summed E-state index contributed by atoms with van der Waals surface area (Å²) in [6.07, 6.45) is 5.38. The van der Waals surface area contributed by atoms with Crippen LogP contribution in [0.25, 0.3) is 0 Å². The molecule has 0 aliphatic carbocycles. The largest absolute Gasteiger partial charge is 0.496 e. The molecule has 2 aromatic rings. The molecule has 2 rings (SSSR count). The highest BCUT2D eigenvalue weighted by Crippen LogP contribution is 2.20. The summed E-state index contributed by atoms with van der Waals surface area (Å²) in [6, 6.07) is 13.1. The first-order chi connectivity index (χ1) is 13.5. The Bertz CT molecular complexity index is 891. The van der Waals surface area contributed by atoms with Crippen LogP contribution in [-0.4, -0.2) is 32.1 Å². The van der Waals surface area contributed by atoms with E-state index in [0.717, 1.165) is 16.9 Å². The number of methoxy groups -OCH3 is 1. The number of hydrogen-bond donors (Lipinski definition) is 3. The van der Waals surface area contributed by atoms with Crippen molar-refractivity contribution in [2.75, 3.05) is 25.5 Å². The molecule has 0 aromatic heterocycles. The number of amides is 1. The number of aryl methyl sites for hydroxylation is 1. The van der Waals surface area contributed by atoms with Crippen LogP contribution >= 0.6 is 24.0 Å². The summed E-state index contributed by atoms with van der Waals surface area (Å²) < 4.78 is 5.41. The van der Waals surface area contributed by atoms with E-state index >= 15 is 0 Å². The lowest BCUT2D eigenvalue weighted by atomic mass is 10.1. The predicted molar refractivity (Wildman–Crippen MR) is 129 cm³/mol. The Kier molecular flexibility index (Phi) is 10.6. The van der Waals surface area contributed by atoms with E-state index in [0.29, 0.717) is 30.3 Å². The second-order valence-electron chi connectivity index (χ2n) is 6.14. The highest BCUT2D eigenvalue weighted by molar-refractivity contribution is 14.0. The Balaban J connectivity index is 0.00000420. The van der Waals surface area contributed by atoms with Crippen molar-refractivity contribution in [2.45, 2.75) is 20.4 Å². The monoisotopic (exact) mass is 506 g/mol. The number of nitrogens with zero attached hydrogens (tertiary/aromatic N) is 1. The van der Waals surface area contributed by atoms with E-state index in [4.69, 9.17) is 11.2 Å². The van der Waals surface area contributed by atoms with Crippen molar-refractivity contribution in [1.29, 1.82) is 0 Å². The molecule has 0 saturated carbocycles. The number of nitrogens with one attached hydrogen (secondary N) is 3. The second-order valence-corrected chi connectivity index (χ2v) is 6.14. The summed E-state index contributed by atoms with van der Waals surface area (Å²) in [4.78, 5) is 16.7. The van der Waals surface area contributed by atoms with Gasteiger partial charge in [0.25, 0.3) is 0 Å². The van der Waals surface area contributed by atoms with Crippen molar-refractivity contribution < 1.29 is 9.53 Å². The quantitative estimate of drug-likeness (QED) is 0.233. The lowest BCUT2D eigenvalue weighted by Gasteiger charge is -2.13. The van der Waals surface area contributed by atoms with Gasteiger partial charge in [0.2, 0.25) is 5.91 Å². The molecule has 0 heterocycles. The second kappa shape index (κ2) is 12.7. The van der Waals surface area contributed by atoms with Gasteiger partial charge in [-0.05, 0) is 43.7 Å². The number of halogens is 1. The average molecular weight is 506 g/mol. The summed E-state index contributed by atoms with van der Waals surface area (Å²) in [5.74, 6) is 3.71. The minimum absolute atomic E-state index is 0. The van der Waals surface area contributed by atoms with Crippen LogP contribution in [0, 0.1) is 19.3 Å². The van der Waals surface area contributed by atoms with Gasteiger partial charge in [0, 0.05) is 23.4 Å². The standard InChI is InChI=1S/C22H26N4O2.HI/c1-5-17-8-7-9-19(13-17)26-21(27)15-25-22(23-6-2)24-14-18-11-10-16(3)12-20(18)28-4;/h1,7-13H,6,14-15H2,2-4H3,(H,26,27)(H2,23,24,25);1H. The molecule has 0 spiro atoms. The number of hydrogen-bond acceptors (Lipinski definition) is 3. The Morgan fingerprint density at radius 1 is 1.21 bits per heavy atom. The van der Waals surface area contributed by atoms with E-state index in [-0.39, 0.29) is 36.4 Å².